The zero-order valence-electron chi connectivity index (χ0n) is 6.48. The van der Waals surface area contributed by atoms with E-state index in [0.29, 0.717) is 0 Å². The molecule has 0 saturated heterocycles. The van der Waals surface area contributed by atoms with Crippen LogP contribution in [-0.2, 0) is 9.47 Å². The van der Waals surface area contributed by atoms with E-state index in [2.05, 4.69) is 21.7 Å². The molecule has 2 nitrogen and oxygen atoms in total. The predicted octanol–water partition coefficient (Wildman–Crippen LogP) is 2.17. The van der Waals surface area contributed by atoms with E-state index in [4.69, 9.17) is 0 Å². The number of ether oxygens (including phenoxy) is 2. The zero-order chi connectivity index (χ0) is 9.61. The van der Waals surface area contributed by atoms with Crippen LogP contribution >= 0.6 is 12.2 Å². The number of thiocarbonyl (C=S) groups is 1. The lowest BCUT2D eigenvalue weighted by atomic mass is 10.5. The van der Waals surface area contributed by atoms with E-state index in [1.54, 1.807) is 0 Å². The monoisotopic (exact) mass is 218 g/mol. The Morgan fingerprint density at radius 1 is 1.42 bits per heavy atom. The van der Waals surface area contributed by atoms with Crippen LogP contribution in [-0.4, -0.2) is 28.0 Å². The Labute approximate surface area is 75.2 Å². The second kappa shape index (κ2) is 5.36. The molecule has 0 amide bonds. The summed E-state index contributed by atoms with van der Waals surface area (Å²) in [6.45, 7) is -0.0286. The minimum Gasteiger partial charge on any atom is -0.460 e. The van der Waals surface area contributed by atoms with Gasteiger partial charge >= 0.3 is 14.3 Å². The van der Waals surface area contributed by atoms with Crippen LogP contribution in [0.2, 0.25) is 6.04 Å². The molecule has 0 rings (SSSR count). The van der Waals surface area contributed by atoms with Crippen molar-refractivity contribution >= 4 is 26.5 Å². The van der Waals surface area contributed by atoms with Gasteiger partial charge in [-0.05, 0) is 6.42 Å². The minimum atomic E-state index is -5.40. The highest BCUT2D eigenvalue weighted by Crippen LogP contribution is 2.16. The Balaban J connectivity index is 3.28. The molecule has 0 spiro atoms. The molecular weight excluding hydrogens is 209 g/mol. The maximum Gasteiger partial charge on any atom is 0.616 e. The van der Waals surface area contributed by atoms with Gasteiger partial charge in [-0.3, -0.25) is 0 Å². The number of halogens is 3. The molecule has 0 unspecified atom stereocenters. The van der Waals surface area contributed by atoms with Crippen LogP contribution < -0.4 is 0 Å². The molecule has 0 aromatic heterocycles. The normalized spacial score (nSPS) is 11.0. The first-order chi connectivity index (χ1) is 5.45. The fourth-order valence-electron chi connectivity index (χ4n) is 0.487. The molecule has 0 aromatic carbocycles. The molecule has 7 heteroatoms. The lowest BCUT2D eigenvalue weighted by molar-refractivity contribution is 0.208. The van der Waals surface area contributed by atoms with Gasteiger partial charge in [-0.25, -0.2) is 12.3 Å². The number of hydrogen-bond acceptors (Lipinski definition) is 3. The Hall–Kier alpha value is -0.303. The third kappa shape index (κ3) is 7.80. The predicted molar refractivity (Wildman–Crippen MR) is 44.1 cm³/mol. The molecule has 0 bridgehead atoms. The van der Waals surface area contributed by atoms with Crippen molar-refractivity contribution in [3.63, 3.8) is 0 Å². The molecule has 0 aromatic rings. The van der Waals surface area contributed by atoms with Crippen LogP contribution in [0.25, 0.3) is 0 Å². The van der Waals surface area contributed by atoms with Gasteiger partial charge in [-0.15, -0.1) is 0 Å². The minimum absolute atomic E-state index is 0.0286. The lowest BCUT2D eigenvalue weighted by Gasteiger charge is -2.05. The Morgan fingerprint density at radius 2 is 2.00 bits per heavy atom. The molecule has 0 N–H and O–H groups in total. The van der Waals surface area contributed by atoms with Gasteiger partial charge in [0.05, 0.1) is 13.7 Å². The molecule has 0 fully saturated rings. The van der Waals surface area contributed by atoms with E-state index >= 15 is 0 Å². The Morgan fingerprint density at radius 3 is 2.42 bits per heavy atom. The van der Waals surface area contributed by atoms with Gasteiger partial charge in [0, 0.05) is 18.3 Å². The summed E-state index contributed by atoms with van der Waals surface area (Å²) in [7, 11) is -4.10. The first-order valence-corrected chi connectivity index (χ1v) is 5.48. The van der Waals surface area contributed by atoms with Gasteiger partial charge in [0.25, 0.3) is 0 Å². The molecule has 12 heavy (non-hydrogen) atoms. The molecule has 0 aliphatic heterocycles. The van der Waals surface area contributed by atoms with Gasteiger partial charge in [0.2, 0.25) is 0 Å². The zero-order valence-corrected chi connectivity index (χ0v) is 8.30. The molecule has 0 aliphatic carbocycles. The summed E-state index contributed by atoms with van der Waals surface area (Å²) in [6, 6.07) is -0.723. The quantitative estimate of drug-likeness (QED) is 0.312. The van der Waals surface area contributed by atoms with Crippen molar-refractivity contribution in [3.05, 3.63) is 0 Å². The summed E-state index contributed by atoms with van der Waals surface area (Å²) < 4.78 is 44.1. The van der Waals surface area contributed by atoms with Crippen LogP contribution in [0.1, 0.15) is 6.42 Å². The molecular formula is C5H9F3O2SSi. The number of methoxy groups -OCH3 is 1. The third-order valence-electron chi connectivity index (χ3n) is 0.991. The SMILES string of the molecule is COC(=S)OCCC[Si](F)(F)F. The highest BCUT2D eigenvalue weighted by atomic mass is 32.1. The maximum atomic E-state index is 11.7. The van der Waals surface area contributed by atoms with Gasteiger partial charge in [-0.2, -0.15) is 0 Å². The maximum absolute atomic E-state index is 11.7. The molecule has 0 heterocycles. The lowest BCUT2D eigenvalue weighted by Crippen LogP contribution is -2.15. The molecule has 0 aliphatic rings. The van der Waals surface area contributed by atoms with Gasteiger partial charge in [-0.1, -0.05) is 0 Å². The van der Waals surface area contributed by atoms with Crippen molar-refractivity contribution < 1.29 is 21.8 Å². The van der Waals surface area contributed by atoms with Crippen LogP contribution in [0.4, 0.5) is 12.3 Å². The Kier molecular flexibility index (Phi) is 5.23. The van der Waals surface area contributed by atoms with Gasteiger partial charge in [0.1, 0.15) is 0 Å². The van der Waals surface area contributed by atoms with Crippen LogP contribution in [0.5, 0.6) is 0 Å². The first kappa shape index (κ1) is 11.7. The van der Waals surface area contributed by atoms with E-state index in [1.165, 1.54) is 7.11 Å². The molecule has 72 valence electrons. The topological polar surface area (TPSA) is 18.5 Å². The van der Waals surface area contributed by atoms with E-state index in [-0.39, 0.29) is 18.3 Å². The molecule has 0 atom stereocenters. The van der Waals surface area contributed by atoms with Crippen LogP contribution in [0.3, 0.4) is 0 Å². The number of hydrogen-bond donors (Lipinski definition) is 0. The Bertz CT molecular complexity index is 150. The molecule has 0 radical (unpaired) electrons. The summed E-state index contributed by atoms with van der Waals surface area (Å²) in [5.41, 5.74) is 0. The highest BCUT2D eigenvalue weighted by molar-refractivity contribution is 7.79. The first-order valence-electron chi connectivity index (χ1n) is 3.23. The van der Waals surface area contributed by atoms with E-state index in [9.17, 15) is 12.3 Å². The fourth-order valence-corrected chi connectivity index (χ4v) is 1.12. The van der Waals surface area contributed by atoms with Crippen molar-refractivity contribution in [2.45, 2.75) is 12.5 Å². The van der Waals surface area contributed by atoms with Crippen molar-refractivity contribution in [1.82, 2.24) is 0 Å². The summed E-state index contributed by atoms with van der Waals surface area (Å²) in [4.78, 5) is 0. The third-order valence-corrected chi connectivity index (χ3v) is 2.20. The van der Waals surface area contributed by atoms with Crippen molar-refractivity contribution in [1.29, 1.82) is 0 Å². The number of rotatable bonds is 4. The van der Waals surface area contributed by atoms with Crippen LogP contribution in [0, 0.1) is 0 Å². The summed E-state index contributed by atoms with van der Waals surface area (Å²) in [5, 5.41) is -0.112. The summed E-state index contributed by atoms with van der Waals surface area (Å²) >= 11 is 4.45. The summed E-state index contributed by atoms with van der Waals surface area (Å²) in [5.74, 6) is 0. The average molecular weight is 218 g/mol. The van der Waals surface area contributed by atoms with Gasteiger partial charge < -0.3 is 9.47 Å². The largest absolute Gasteiger partial charge is 0.616 e. The average Bonchev–Trinajstić information content (AvgIpc) is 1.96. The highest BCUT2D eigenvalue weighted by Gasteiger charge is 2.35. The summed E-state index contributed by atoms with van der Waals surface area (Å²) in [6.07, 6.45) is -0.0424. The van der Waals surface area contributed by atoms with E-state index in [1.807, 2.05) is 0 Å². The smallest absolute Gasteiger partial charge is 0.460 e. The standard InChI is InChI=1S/C5H9F3O2SSi/c1-9-5(11)10-3-2-4-12(6,7)8/h2-4H2,1H3. The van der Waals surface area contributed by atoms with Crippen molar-refractivity contribution in [2.24, 2.45) is 0 Å². The second-order valence-corrected chi connectivity index (χ2v) is 4.09. The van der Waals surface area contributed by atoms with E-state index < -0.39 is 15.1 Å². The van der Waals surface area contributed by atoms with E-state index in [0.717, 1.165) is 0 Å². The van der Waals surface area contributed by atoms with Crippen molar-refractivity contribution in [3.8, 4) is 0 Å². The molecule has 0 saturated carbocycles. The van der Waals surface area contributed by atoms with Crippen molar-refractivity contribution in [2.75, 3.05) is 13.7 Å². The second-order valence-electron chi connectivity index (χ2n) is 2.02. The fraction of sp³-hybridized carbons (Fsp3) is 0.800. The van der Waals surface area contributed by atoms with Gasteiger partial charge in [0.15, 0.2) is 0 Å². The van der Waals surface area contributed by atoms with Crippen LogP contribution in [0.15, 0.2) is 0 Å².